The maximum atomic E-state index is 11.9. The Kier molecular flexibility index (Phi) is 5.15. The molecule has 11 heteroatoms. The Hall–Kier alpha value is -4.38. The molecule has 0 amide bonds. The van der Waals surface area contributed by atoms with Crippen LogP contribution in [-0.2, 0) is 0 Å². The predicted octanol–water partition coefficient (Wildman–Crippen LogP) is 4.03. The molecule has 0 aliphatic heterocycles. The van der Waals surface area contributed by atoms with E-state index in [1.54, 1.807) is 48.5 Å². The second-order valence-corrected chi connectivity index (χ2v) is 5.82. The van der Waals surface area contributed by atoms with Crippen LogP contribution in [0.2, 0.25) is 0 Å². The van der Waals surface area contributed by atoms with Gasteiger partial charge in [0.2, 0.25) is 0 Å². The van der Waals surface area contributed by atoms with Crippen molar-refractivity contribution < 1.29 is 14.8 Å². The Morgan fingerprint density at radius 3 is 1.41 bits per heavy atom. The summed E-state index contributed by atoms with van der Waals surface area (Å²) >= 11 is 0. The van der Waals surface area contributed by atoms with Crippen molar-refractivity contribution >= 4 is 22.7 Å². The number of hydrazine groups is 1. The Morgan fingerprint density at radius 2 is 1.03 bits per heavy atom. The standard InChI is InChI=1S/C18H13N5O6/c19-20-15-13(11-7-3-1-4-8-11)14(12-9-5-2-6-10-12)16(21(24)25)18(23(28)29)17(15)22(26)27/h1-10,20H,19H2. The first-order chi connectivity index (χ1) is 13.9. The van der Waals surface area contributed by atoms with Gasteiger partial charge in [-0.2, -0.15) is 0 Å². The fourth-order valence-electron chi connectivity index (χ4n) is 3.16. The van der Waals surface area contributed by atoms with E-state index in [2.05, 4.69) is 5.43 Å². The molecule has 0 atom stereocenters. The van der Waals surface area contributed by atoms with Gasteiger partial charge >= 0.3 is 17.1 Å². The number of nitrogen functional groups attached to an aromatic ring is 1. The van der Waals surface area contributed by atoms with Crippen LogP contribution in [0.5, 0.6) is 0 Å². The molecule has 0 aliphatic rings. The number of nitro benzene ring substituents is 3. The number of benzene rings is 3. The molecule has 0 spiro atoms. The molecule has 146 valence electrons. The first-order valence-corrected chi connectivity index (χ1v) is 8.13. The lowest BCUT2D eigenvalue weighted by atomic mass is 9.89. The second kappa shape index (κ2) is 7.70. The summed E-state index contributed by atoms with van der Waals surface area (Å²) in [6.07, 6.45) is 0. The molecular formula is C18H13N5O6. The Bertz CT molecular complexity index is 1120. The van der Waals surface area contributed by atoms with Crippen molar-refractivity contribution in [2.75, 3.05) is 5.43 Å². The average molecular weight is 395 g/mol. The lowest BCUT2D eigenvalue weighted by Crippen LogP contribution is -2.14. The second-order valence-electron chi connectivity index (χ2n) is 5.82. The van der Waals surface area contributed by atoms with Crippen molar-refractivity contribution in [2.24, 2.45) is 5.84 Å². The Morgan fingerprint density at radius 1 is 0.621 bits per heavy atom. The van der Waals surface area contributed by atoms with E-state index < -0.39 is 37.5 Å². The van der Waals surface area contributed by atoms with Gasteiger partial charge in [-0.3, -0.25) is 36.2 Å². The summed E-state index contributed by atoms with van der Waals surface area (Å²) in [5, 5.41) is 35.3. The van der Waals surface area contributed by atoms with Gasteiger partial charge in [-0.1, -0.05) is 60.7 Å². The summed E-state index contributed by atoms with van der Waals surface area (Å²) in [5.74, 6) is 5.52. The molecule has 0 unspecified atom stereocenters. The number of nitro groups is 3. The minimum absolute atomic E-state index is 0.0169. The maximum absolute atomic E-state index is 11.9. The van der Waals surface area contributed by atoms with Gasteiger partial charge < -0.3 is 5.43 Å². The van der Waals surface area contributed by atoms with E-state index in [9.17, 15) is 30.3 Å². The highest BCUT2D eigenvalue weighted by Crippen LogP contribution is 2.54. The molecule has 11 nitrogen and oxygen atoms in total. The average Bonchev–Trinajstić information content (AvgIpc) is 2.72. The van der Waals surface area contributed by atoms with E-state index in [4.69, 9.17) is 5.84 Å². The van der Waals surface area contributed by atoms with E-state index in [0.717, 1.165) is 0 Å². The predicted molar refractivity (Wildman–Crippen MR) is 105 cm³/mol. The van der Waals surface area contributed by atoms with Gasteiger partial charge in [-0.05, 0) is 11.1 Å². The number of nitrogens with one attached hydrogen (secondary N) is 1. The van der Waals surface area contributed by atoms with Crippen LogP contribution in [-0.4, -0.2) is 14.8 Å². The molecule has 0 aliphatic carbocycles. The van der Waals surface area contributed by atoms with Crippen LogP contribution in [0.3, 0.4) is 0 Å². The summed E-state index contributed by atoms with van der Waals surface area (Å²) in [6, 6.07) is 16.0. The molecule has 0 saturated heterocycles. The number of nitrogens with zero attached hydrogens (tertiary/aromatic N) is 3. The summed E-state index contributed by atoms with van der Waals surface area (Å²) in [7, 11) is 0. The monoisotopic (exact) mass is 395 g/mol. The van der Waals surface area contributed by atoms with Gasteiger partial charge in [0, 0.05) is 5.56 Å². The van der Waals surface area contributed by atoms with E-state index in [0.29, 0.717) is 5.56 Å². The SMILES string of the molecule is NNc1c(-c2ccccc2)c(-c2ccccc2)c([N+](=O)[O-])c([N+](=O)[O-])c1[N+](=O)[O-]. The number of anilines is 1. The highest BCUT2D eigenvalue weighted by molar-refractivity contribution is 6.04. The zero-order valence-corrected chi connectivity index (χ0v) is 14.6. The van der Waals surface area contributed by atoms with Crippen LogP contribution in [0.25, 0.3) is 22.3 Å². The number of hydrogen-bond acceptors (Lipinski definition) is 8. The first-order valence-electron chi connectivity index (χ1n) is 8.13. The van der Waals surface area contributed by atoms with Gasteiger partial charge in [0.25, 0.3) is 0 Å². The van der Waals surface area contributed by atoms with Crippen LogP contribution < -0.4 is 11.3 Å². The maximum Gasteiger partial charge on any atom is 0.425 e. The van der Waals surface area contributed by atoms with E-state index in [1.165, 1.54) is 12.1 Å². The van der Waals surface area contributed by atoms with Crippen LogP contribution in [0.1, 0.15) is 0 Å². The van der Waals surface area contributed by atoms with Gasteiger partial charge in [0.15, 0.2) is 0 Å². The zero-order valence-electron chi connectivity index (χ0n) is 14.6. The van der Waals surface area contributed by atoms with Gasteiger partial charge in [0.1, 0.15) is 5.69 Å². The summed E-state index contributed by atoms with van der Waals surface area (Å²) in [6.45, 7) is 0. The smallest absolute Gasteiger partial charge is 0.317 e. The molecule has 0 aromatic heterocycles. The molecule has 3 aromatic rings. The van der Waals surface area contributed by atoms with Crippen molar-refractivity contribution in [2.45, 2.75) is 0 Å². The van der Waals surface area contributed by atoms with Crippen LogP contribution in [0.4, 0.5) is 22.7 Å². The number of nitrogens with two attached hydrogens (primary N) is 1. The summed E-state index contributed by atoms with van der Waals surface area (Å²) in [4.78, 5) is 32.1. The van der Waals surface area contributed by atoms with Crippen molar-refractivity contribution in [1.82, 2.24) is 0 Å². The molecule has 3 N–H and O–H groups in total. The van der Waals surface area contributed by atoms with Gasteiger partial charge in [-0.25, -0.2) is 0 Å². The first kappa shape index (κ1) is 19.4. The van der Waals surface area contributed by atoms with E-state index in [-0.39, 0.29) is 16.7 Å². The number of rotatable bonds is 6. The fraction of sp³-hybridized carbons (Fsp3) is 0. The van der Waals surface area contributed by atoms with Crippen molar-refractivity contribution in [3.63, 3.8) is 0 Å². The summed E-state index contributed by atoms with van der Waals surface area (Å²) < 4.78 is 0. The molecule has 29 heavy (non-hydrogen) atoms. The third-order valence-electron chi connectivity index (χ3n) is 4.24. The van der Waals surface area contributed by atoms with Crippen molar-refractivity contribution in [3.05, 3.63) is 91.0 Å². The molecule has 0 saturated carbocycles. The highest BCUT2D eigenvalue weighted by Gasteiger charge is 2.45. The summed E-state index contributed by atoms with van der Waals surface area (Å²) in [5.41, 5.74) is -1.05. The molecule has 0 bridgehead atoms. The van der Waals surface area contributed by atoms with Crippen LogP contribution in [0.15, 0.2) is 60.7 Å². The third kappa shape index (κ3) is 3.33. The topological polar surface area (TPSA) is 167 Å². The molecule has 3 aromatic carbocycles. The van der Waals surface area contributed by atoms with Crippen LogP contribution >= 0.6 is 0 Å². The molecule has 3 rings (SSSR count). The Balaban J connectivity index is 2.67. The fourth-order valence-corrected chi connectivity index (χ4v) is 3.16. The van der Waals surface area contributed by atoms with Crippen molar-refractivity contribution in [1.29, 1.82) is 0 Å². The quantitative estimate of drug-likeness (QED) is 0.358. The largest absolute Gasteiger partial charge is 0.425 e. The highest BCUT2D eigenvalue weighted by atomic mass is 16.6. The minimum Gasteiger partial charge on any atom is -0.317 e. The molecule has 0 radical (unpaired) electrons. The van der Waals surface area contributed by atoms with Crippen molar-refractivity contribution in [3.8, 4) is 22.3 Å². The lowest BCUT2D eigenvalue weighted by Gasteiger charge is -2.16. The van der Waals surface area contributed by atoms with Crippen LogP contribution in [0, 0.1) is 30.3 Å². The van der Waals surface area contributed by atoms with Gasteiger partial charge in [0.05, 0.1) is 20.3 Å². The zero-order chi connectivity index (χ0) is 21.1. The molecule has 0 fully saturated rings. The van der Waals surface area contributed by atoms with E-state index in [1.807, 2.05) is 0 Å². The lowest BCUT2D eigenvalue weighted by molar-refractivity contribution is -0.440. The molecule has 0 heterocycles. The van der Waals surface area contributed by atoms with Gasteiger partial charge in [-0.15, -0.1) is 0 Å². The Labute approximate surface area is 162 Å². The minimum atomic E-state index is -1.24. The molecular weight excluding hydrogens is 382 g/mol. The third-order valence-corrected chi connectivity index (χ3v) is 4.24. The van der Waals surface area contributed by atoms with E-state index >= 15 is 0 Å². The normalized spacial score (nSPS) is 10.4. The number of hydrogen-bond donors (Lipinski definition) is 2.